The van der Waals surface area contributed by atoms with Gasteiger partial charge in [-0.15, -0.1) is 10.2 Å². The zero-order chi connectivity index (χ0) is 13.8. The summed E-state index contributed by atoms with van der Waals surface area (Å²) in [5, 5.41) is 17.8. The summed E-state index contributed by atoms with van der Waals surface area (Å²) in [6.45, 7) is 2.73. The summed E-state index contributed by atoms with van der Waals surface area (Å²) in [5.74, 6) is 0. The molecule has 2 heterocycles. The smallest absolute Gasteiger partial charge is 0.205 e. The third-order valence-electron chi connectivity index (χ3n) is 2.86. The van der Waals surface area contributed by atoms with Crippen LogP contribution in [0.1, 0.15) is 17.6 Å². The van der Waals surface area contributed by atoms with E-state index in [1.165, 1.54) is 0 Å². The number of aryl methyl sites for hydroxylation is 1. The number of hydrogen-bond acceptors (Lipinski definition) is 5. The Morgan fingerprint density at radius 2 is 2.00 bits per heavy atom. The number of rotatable bonds is 5. The molecule has 0 aliphatic rings. The predicted molar refractivity (Wildman–Crippen MR) is 80.2 cm³/mol. The molecule has 0 radical (unpaired) electrons. The molecule has 1 aromatic carbocycles. The summed E-state index contributed by atoms with van der Waals surface area (Å²) < 4.78 is 1.87. The Morgan fingerprint density at radius 3 is 2.75 bits per heavy atom. The highest BCUT2D eigenvalue weighted by Gasteiger charge is 2.04. The number of anilines is 1. The van der Waals surface area contributed by atoms with Crippen molar-refractivity contribution < 1.29 is 0 Å². The summed E-state index contributed by atoms with van der Waals surface area (Å²) in [7, 11) is 0. The van der Waals surface area contributed by atoms with Crippen molar-refractivity contribution in [2.75, 3.05) is 5.32 Å². The molecule has 0 saturated heterocycles. The van der Waals surface area contributed by atoms with Gasteiger partial charge in [0.15, 0.2) is 0 Å². The van der Waals surface area contributed by atoms with Crippen molar-refractivity contribution in [3.63, 3.8) is 0 Å². The topological polar surface area (TPSA) is 55.6 Å². The van der Waals surface area contributed by atoms with E-state index in [9.17, 15) is 0 Å². The first kappa shape index (κ1) is 12.8. The highest BCUT2D eigenvalue weighted by molar-refractivity contribution is 7.15. The van der Waals surface area contributed by atoms with Crippen molar-refractivity contribution in [2.45, 2.75) is 19.9 Å². The first-order valence-electron chi connectivity index (χ1n) is 6.51. The second-order valence-corrected chi connectivity index (χ2v) is 5.36. The van der Waals surface area contributed by atoms with Crippen LogP contribution in [0, 0.1) is 0 Å². The molecule has 5 nitrogen and oxygen atoms in total. The van der Waals surface area contributed by atoms with E-state index in [-0.39, 0.29) is 0 Å². The minimum Gasteiger partial charge on any atom is -0.354 e. The van der Waals surface area contributed by atoms with Crippen LogP contribution in [0.5, 0.6) is 0 Å². The Bertz CT molecular complexity index is 674. The molecule has 0 saturated carbocycles. The van der Waals surface area contributed by atoms with Crippen LogP contribution in [0.4, 0.5) is 5.13 Å². The maximum atomic E-state index is 4.53. The van der Waals surface area contributed by atoms with Crippen molar-refractivity contribution in [2.24, 2.45) is 0 Å². The lowest BCUT2D eigenvalue weighted by molar-refractivity contribution is 0.842. The summed E-state index contributed by atoms with van der Waals surface area (Å²) in [6, 6.07) is 12.1. The highest BCUT2D eigenvalue weighted by atomic mass is 32.1. The van der Waals surface area contributed by atoms with Crippen molar-refractivity contribution in [1.29, 1.82) is 0 Å². The van der Waals surface area contributed by atoms with E-state index in [0.29, 0.717) is 6.54 Å². The lowest BCUT2D eigenvalue weighted by Gasteiger charge is -2.00. The van der Waals surface area contributed by atoms with Gasteiger partial charge in [0.2, 0.25) is 5.13 Å². The van der Waals surface area contributed by atoms with E-state index in [1.54, 1.807) is 11.3 Å². The fourth-order valence-electron chi connectivity index (χ4n) is 1.81. The molecule has 0 bridgehead atoms. The quantitative estimate of drug-likeness (QED) is 0.783. The highest BCUT2D eigenvalue weighted by Crippen LogP contribution is 2.16. The Hall–Kier alpha value is -2.21. The Kier molecular flexibility index (Phi) is 3.73. The van der Waals surface area contributed by atoms with Crippen molar-refractivity contribution in [3.8, 4) is 5.69 Å². The minimum absolute atomic E-state index is 0.651. The van der Waals surface area contributed by atoms with Crippen LogP contribution in [0.25, 0.3) is 5.69 Å². The average molecular weight is 285 g/mol. The van der Waals surface area contributed by atoms with E-state index in [0.717, 1.165) is 27.9 Å². The van der Waals surface area contributed by atoms with E-state index in [1.807, 2.05) is 47.3 Å². The first-order chi connectivity index (χ1) is 9.85. The first-order valence-corrected chi connectivity index (χ1v) is 7.33. The van der Waals surface area contributed by atoms with Gasteiger partial charge in [0.05, 0.1) is 17.9 Å². The number of hydrogen-bond donors (Lipinski definition) is 1. The normalized spacial score (nSPS) is 10.7. The molecule has 0 aliphatic carbocycles. The minimum atomic E-state index is 0.651. The van der Waals surface area contributed by atoms with Gasteiger partial charge in [-0.3, -0.25) is 0 Å². The van der Waals surface area contributed by atoms with Crippen LogP contribution in [-0.2, 0) is 13.0 Å². The second kappa shape index (κ2) is 5.83. The Morgan fingerprint density at radius 1 is 1.15 bits per heavy atom. The summed E-state index contributed by atoms with van der Waals surface area (Å²) in [4.78, 5) is 0. The molecular formula is C14H15N5S. The van der Waals surface area contributed by atoms with Gasteiger partial charge >= 0.3 is 0 Å². The van der Waals surface area contributed by atoms with E-state index in [4.69, 9.17) is 0 Å². The summed E-state index contributed by atoms with van der Waals surface area (Å²) in [5.41, 5.74) is 2.03. The van der Waals surface area contributed by atoms with Crippen LogP contribution < -0.4 is 5.32 Å². The Balaban J connectivity index is 1.65. The van der Waals surface area contributed by atoms with Crippen LogP contribution in [0.3, 0.4) is 0 Å². The lowest BCUT2D eigenvalue weighted by atomic mass is 10.3. The molecular weight excluding hydrogens is 270 g/mol. The monoisotopic (exact) mass is 285 g/mol. The van der Waals surface area contributed by atoms with Gasteiger partial charge in [-0.1, -0.05) is 36.5 Å². The molecule has 3 aromatic rings. The summed E-state index contributed by atoms with van der Waals surface area (Å²) in [6.07, 6.45) is 2.88. The molecule has 3 rings (SSSR count). The van der Waals surface area contributed by atoms with Crippen LogP contribution in [-0.4, -0.2) is 20.0 Å². The molecule has 0 unspecified atom stereocenters. The molecule has 0 aliphatic heterocycles. The lowest BCUT2D eigenvalue weighted by Crippen LogP contribution is -2.01. The van der Waals surface area contributed by atoms with Gasteiger partial charge < -0.3 is 5.32 Å². The predicted octanol–water partition coefficient (Wildman–Crippen LogP) is 2.90. The Labute approximate surface area is 121 Å². The number of nitrogens with one attached hydrogen (secondary N) is 1. The van der Waals surface area contributed by atoms with E-state index in [2.05, 4.69) is 27.5 Å². The number of nitrogens with zero attached hydrogens (tertiary/aromatic N) is 4. The largest absolute Gasteiger partial charge is 0.354 e. The number of benzene rings is 1. The number of para-hydroxylation sites is 1. The zero-order valence-electron chi connectivity index (χ0n) is 11.2. The van der Waals surface area contributed by atoms with Gasteiger partial charge in [-0.05, 0) is 24.6 Å². The fraction of sp³-hybridized carbons (Fsp3) is 0.214. The van der Waals surface area contributed by atoms with Gasteiger partial charge in [-0.2, -0.15) is 5.10 Å². The molecule has 0 spiro atoms. The van der Waals surface area contributed by atoms with Crippen molar-refractivity contribution in [3.05, 3.63) is 53.3 Å². The van der Waals surface area contributed by atoms with Gasteiger partial charge in [0.1, 0.15) is 5.01 Å². The average Bonchev–Trinajstić information content (AvgIpc) is 3.15. The van der Waals surface area contributed by atoms with Crippen LogP contribution in [0.2, 0.25) is 0 Å². The third kappa shape index (κ3) is 2.85. The maximum Gasteiger partial charge on any atom is 0.205 e. The van der Waals surface area contributed by atoms with Crippen LogP contribution in [0.15, 0.2) is 42.6 Å². The van der Waals surface area contributed by atoms with Crippen molar-refractivity contribution >= 4 is 16.5 Å². The van der Waals surface area contributed by atoms with Gasteiger partial charge in [-0.25, -0.2) is 4.68 Å². The molecule has 2 aromatic heterocycles. The van der Waals surface area contributed by atoms with Crippen molar-refractivity contribution in [1.82, 2.24) is 20.0 Å². The molecule has 6 heteroatoms. The van der Waals surface area contributed by atoms with Gasteiger partial charge in [0.25, 0.3) is 0 Å². The van der Waals surface area contributed by atoms with E-state index < -0.39 is 0 Å². The fourth-order valence-corrected chi connectivity index (χ4v) is 2.49. The molecule has 0 fully saturated rings. The molecule has 20 heavy (non-hydrogen) atoms. The van der Waals surface area contributed by atoms with Gasteiger partial charge in [0, 0.05) is 6.20 Å². The summed E-state index contributed by atoms with van der Waals surface area (Å²) >= 11 is 1.59. The molecule has 1 N–H and O–H groups in total. The second-order valence-electron chi connectivity index (χ2n) is 4.30. The van der Waals surface area contributed by atoms with Crippen LogP contribution >= 0.6 is 11.3 Å². The van der Waals surface area contributed by atoms with E-state index >= 15 is 0 Å². The molecule has 0 amide bonds. The SMILES string of the molecule is CCc1nnc(NCc2ccn(-c3ccccc3)n2)s1. The number of aromatic nitrogens is 4. The molecule has 0 atom stereocenters. The standard InChI is InChI=1S/C14H15N5S/c1-2-13-16-17-14(20-13)15-10-11-8-9-19(18-11)12-6-4-3-5-7-12/h3-9H,2,10H2,1H3,(H,15,17). The third-order valence-corrected chi connectivity index (χ3v) is 3.88. The zero-order valence-corrected chi connectivity index (χ0v) is 12.0. The maximum absolute atomic E-state index is 4.53. The molecule has 102 valence electrons.